The molecule has 1 amide bonds. The van der Waals surface area contributed by atoms with Crippen LogP contribution in [0.5, 0.6) is 0 Å². The van der Waals surface area contributed by atoms with Gasteiger partial charge >= 0.3 is 0 Å². The fourth-order valence-electron chi connectivity index (χ4n) is 0.709. The fourth-order valence-corrected chi connectivity index (χ4v) is 0.709. The Morgan fingerprint density at radius 2 is 1.69 bits per heavy atom. The predicted molar refractivity (Wildman–Crippen MR) is 68.2 cm³/mol. The number of hydrogen-bond donors (Lipinski definition) is 1. The Labute approximate surface area is 98.1 Å². The molecule has 0 spiro atoms. The standard InChI is InChI=1S/C8H6N2O.C3H8.C2H6/c9-5-7-1-3-8(4-2-7)10-6-11;1-3-2;1-2/h1-4,6H,(H,10,11);3H2,1-2H3;1-2H3. The van der Waals surface area contributed by atoms with Gasteiger partial charge in [-0.1, -0.05) is 34.1 Å². The normalized spacial score (nSPS) is 7.19. The number of hydrogen-bond acceptors (Lipinski definition) is 2. The van der Waals surface area contributed by atoms with Gasteiger partial charge in [-0.05, 0) is 24.3 Å². The second-order valence-electron chi connectivity index (χ2n) is 2.66. The molecule has 0 radical (unpaired) electrons. The highest BCUT2D eigenvalue weighted by Crippen LogP contribution is 2.06. The van der Waals surface area contributed by atoms with Crippen molar-refractivity contribution < 1.29 is 4.79 Å². The van der Waals surface area contributed by atoms with E-state index in [1.165, 1.54) is 6.42 Å². The van der Waals surface area contributed by atoms with Crippen LogP contribution in [0.25, 0.3) is 0 Å². The first kappa shape index (κ1) is 16.6. The molecule has 0 aromatic heterocycles. The maximum absolute atomic E-state index is 9.95. The highest BCUT2D eigenvalue weighted by molar-refractivity contribution is 5.71. The lowest BCUT2D eigenvalue weighted by molar-refractivity contribution is -0.105. The van der Waals surface area contributed by atoms with Gasteiger partial charge in [-0.15, -0.1) is 0 Å². The van der Waals surface area contributed by atoms with Gasteiger partial charge in [-0.25, -0.2) is 0 Å². The number of amides is 1. The van der Waals surface area contributed by atoms with E-state index in [0.717, 1.165) is 0 Å². The minimum Gasteiger partial charge on any atom is -0.329 e. The summed E-state index contributed by atoms with van der Waals surface area (Å²) in [5.41, 5.74) is 1.28. The van der Waals surface area contributed by atoms with Crippen molar-refractivity contribution in [3.05, 3.63) is 29.8 Å². The molecule has 0 aliphatic rings. The number of nitriles is 1. The van der Waals surface area contributed by atoms with Gasteiger partial charge in [0, 0.05) is 5.69 Å². The minimum atomic E-state index is 0.585. The van der Waals surface area contributed by atoms with Gasteiger partial charge in [-0.2, -0.15) is 5.26 Å². The molecule has 0 heterocycles. The van der Waals surface area contributed by atoms with E-state index >= 15 is 0 Å². The summed E-state index contributed by atoms with van der Waals surface area (Å²) in [6.45, 7) is 8.25. The average Bonchev–Trinajstić information content (AvgIpc) is 2.34. The molecular formula is C13H20N2O. The Morgan fingerprint density at radius 1 is 1.25 bits per heavy atom. The molecule has 3 nitrogen and oxygen atoms in total. The molecule has 0 aliphatic carbocycles. The molecule has 1 aromatic rings. The highest BCUT2D eigenvalue weighted by Gasteiger charge is 1.89. The lowest BCUT2D eigenvalue weighted by Crippen LogP contribution is -1.92. The molecule has 0 unspecified atom stereocenters. The first-order valence-corrected chi connectivity index (χ1v) is 5.48. The van der Waals surface area contributed by atoms with Gasteiger partial charge in [0.25, 0.3) is 0 Å². The number of nitrogens with one attached hydrogen (secondary N) is 1. The second-order valence-corrected chi connectivity index (χ2v) is 2.66. The zero-order chi connectivity index (χ0) is 12.8. The Kier molecular flexibility index (Phi) is 13.7. The van der Waals surface area contributed by atoms with E-state index in [1.807, 2.05) is 19.9 Å². The van der Waals surface area contributed by atoms with Crippen molar-refractivity contribution in [2.75, 3.05) is 5.32 Å². The Balaban J connectivity index is 0. The SMILES string of the molecule is CC.CCC.N#Cc1ccc(NC=O)cc1. The molecular weight excluding hydrogens is 200 g/mol. The number of nitrogens with zero attached hydrogens (tertiary/aromatic N) is 1. The largest absolute Gasteiger partial charge is 0.329 e. The molecule has 0 saturated carbocycles. The van der Waals surface area contributed by atoms with Crippen LogP contribution in [0, 0.1) is 11.3 Å². The quantitative estimate of drug-likeness (QED) is 0.774. The third kappa shape index (κ3) is 8.76. The maximum atomic E-state index is 9.95. The van der Waals surface area contributed by atoms with Crippen molar-refractivity contribution in [2.45, 2.75) is 34.1 Å². The van der Waals surface area contributed by atoms with Crippen LogP contribution in [0.1, 0.15) is 39.7 Å². The summed E-state index contributed by atoms with van der Waals surface area (Å²) in [6, 6.07) is 8.62. The first-order chi connectivity index (χ1) is 7.78. The van der Waals surface area contributed by atoms with E-state index in [2.05, 4.69) is 19.2 Å². The topological polar surface area (TPSA) is 52.9 Å². The summed E-state index contributed by atoms with van der Waals surface area (Å²) in [6.07, 6.45) is 1.85. The smallest absolute Gasteiger partial charge is 0.211 e. The molecule has 1 N–H and O–H groups in total. The van der Waals surface area contributed by atoms with Crippen molar-refractivity contribution in [2.24, 2.45) is 0 Å². The Hall–Kier alpha value is -1.82. The lowest BCUT2D eigenvalue weighted by Gasteiger charge is -1.95. The lowest BCUT2D eigenvalue weighted by atomic mass is 10.2. The van der Waals surface area contributed by atoms with Gasteiger partial charge in [0.1, 0.15) is 0 Å². The van der Waals surface area contributed by atoms with Crippen LogP contribution < -0.4 is 5.32 Å². The van der Waals surface area contributed by atoms with Gasteiger partial charge < -0.3 is 5.32 Å². The third-order valence-electron chi connectivity index (χ3n) is 1.24. The summed E-state index contributed by atoms with van der Waals surface area (Å²) in [5, 5.41) is 10.9. The average molecular weight is 220 g/mol. The van der Waals surface area contributed by atoms with Crippen molar-refractivity contribution in [1.29, 1.82) is 5.26 Å². The van der Waals surface area contributed by atoms with Crippen molar-refractivity contribution in [3.8, 4) is 6.07 Å². The van der Waals surface area contributed by atoms with Gasteiger partial charge in [0.15, 0.2) is 0 Å². The van der Waals surface area contributed by atoms with Crippen LogP contribution >= 0.6 is 0 Å². The fraction of sp³-hybridized carbons (Fsp3) is 0.385. The number of carbonyl (C=O) groups excluding carboxylic acids is 1. The maximum Gasteiger partial charge on any atom is 0.211 e. The van der Waals surface area contributed by atoms with Crippen molar-refractivity contribution in [3.63, 3.8) is 0 Å². The molecule has 1 aromatic carbocycles. The number of rotatable bonds is 2. The number of benzene rings is 1. The van der Waals surface area contributed by atoms with E-state index in [0.29, 0.717) is 17.7 Å². The van der Waals surface area contributed by atoms with Crippen LogP contribution in [0.15, 0.2) is 24.3 Å². The zero-order valence-electron chi connectivity index (χ0n) is 10.4. The van der Waals surface area contributed by atoms with Crippen LogP contribution in [-0.4, -0.2) is 6.41 Å². The summed E-state index contributed by atoms with van der Waals surface area (Å²) >= 11 is 0. The van der Waals surface area contributed by atoms with Crippen molar-refractivity contribution in [1.82, 2.24) is 0 Å². The van der Waals surface area contributed by atoms with E-state index in [9.17, 15) is 4.79 Å². The second kappa shape index (κ2) is 13.2. The number of anilines is 1. The predicted octanol–water partition coefficient (Wildman–Crippen LogP) is 3.57. The molecule has 3 heteroatoms. The number of carbonyl (C=O) groups is 1. The summed E-state index contributed by atoms with van der Waals surface area (Å²) < 4.78 is 0. The summed E-state index contributed by atoms with van der Waals surface area (Å²) in [4.78, 5) is 9.95. The Morgan fingerprint density at radius 3 is 2.00 bits per heavy atom. The van der Waals surface area contributed by atoms with Crippen LogP contribution in [0.4, 0.5) is 5.69 Å². The van der Waals surface area contributed by atoms with Gasteiger partial charge in [-0.3, -0.25) is 4.79 Å². The van der Waals surface area contributed by atoms with Crippen molar-refractivity contribution >= 4 is 12.1 Å². The van der Waals surface area contributed by atoms with E-state index in [4.69, 9.17) is 5.26 Å². The molecule has 0 bridgehead atoms. The Bertz CT molecular complexity index is 299. The monoisotopic (exact) mass is 220 g/mol. The third-order valence-corrected chi connectivity index (χ3v) is 1.24. The van der Waals surface area contributed by atoms with Gasteiger partial charge in [0.05, 0.1) is 11.6 Å². The minimum absolute atomic E-state index is 0.585. The molecule has 0 saturated heterocycles. The highest BCUT2D eigenvalue weighted by atomic mass is 16.1. The molecule has 16 heavy (non-hydrogen) atoms. The van der Waals surface area contributed by atoms with E-state index in [1.54, 1.807) is 24.3 Å². The van der Waals surface area contributed by atoms with Gasteiger partial charge in [0.2, 0.25) is 6.41 Å². The first-order valence-electron chi connectivity index (χ1n) is 5.48. The zero-order valence-corrected chi connectivity index (χ0v) is 10.4. The molecule has 1 rings (SSSR count). The molecule has 0 atom stereocenters. The summed E-state index contributed by atoms with van der Waals surface area (Å²) in [5.74, 6) is 0. The van der Waals surface area contributed by atoms with E-state index < -0.39 is 0 Å². The molecule has 0 aliphatic heterocycles. The van der Waals surface area contributed by atoms with Crippen LogP contribution in [-0.2, 0) is 4.79 Å². The molecule has 88 valence electrons. The van der Waals surface area contributed by atoms with Crippen LogP contribution in [0.3, 0.4) is 0 Å². The van der Waals surface area contributed by atoms with E-state index in [-0.39, 0.29) is 0 Å². The van der Waals surface area contributed by atoms with Crippen LogP contribution in [0.2, 0.25) is 0 Å². The summed E-state index contributed by atoms with van der Waals surface area (Å²) in [7, 11) is 0. The molecule has 0 fully saturated rings.